The van der Waals surface area contributed by atoms with Crippen molar-refractivity contribution in [1.29, 1.82) is 0 Å². The van der Waals surface area contributed by atoms with Crippen molar-refractivity contribution in [2.45, 2.75) is 34.1 Å². The summed E-state index contributed by atoms with van der Waals surface area (Å²) >= 11 is 0. The van der Waals surface area contributed by atoms with E-state index in [-0.39, 0.29) is 19.5 Å². The van der Waals surface area contributed by atoms with Crippen molar-refractivity contribution in [3.05, 3.63) is 47.3 Å². The Hall–Kier alpha value is -0.617. The molecule has 0 saturated heterocycles. The Kier molecular flexibility index (Phi) is 7.33. The van der Waals surface area contributed by atoms with Gasteiger partial charge in [-0.2, -0.15) is 18.2 Å². The van der Waals surface area contributed by atoms with Crippen molar-refractivity contribution < 1.29 is 19.5 Å². The van der Waals surface area contributed by atoms with Gasteiger partial charge in [0.15, 0.2) is 0 Å². The summed E-state index contributed by atoms with van der Waals surface area (Å²) in [5, 5.41) is 0. The Balaban J connectivity index is 0.000000267. The normalized spacial score (nSPS) is 12.9. The van der Waals surface area contributed by atoms with Gasteiger partial charge in [-0.3, -0.25) is 6.08 Å². The van der Waals surface area contributed by atoms with E-state index in [4.69, 9.17) is 0 Å². The third-order valence-corrected chi connectivity index (χ3v) is 2.26. The van der Waals surface area contributed by atoms with E-state index in [2.05, 4.69) is 37.1 Å². The van der Waals surface area contributed by atoms with Gasteiger partial charge in [-0.05, 0) is 0 Å². The second kappa shape index (κ2) is 7.62. The summed E-state index contributed by atoms with van der Waals surface area (Å²) in [7, 11) is 0. The minimum Gasteiger partial charge on any atom is -0.397 e. The van der Waals surface area contributed by atoms with Gasteiger partial charge in [0, 0.05) is 0 Å². The molecule has 0 fully saturated rings. The second-order valence-corrected chi connectivity index (χ2v) is 4.12. The van der Waals surface area contributed by atoms with Crippen molar-refractivity contribution in [1.82, 2.24) is 4.98 Å². The number of aromatic nitrogens is 1. The fourth-order valence-corrected chi connectivity index (χ4v) is 1.41. The van der Waals surface area contributed by atoms with Crippen LogP contribution in [0.3, 0.4) is 0 Å². The molecule has 0 amide bonds. The number of hydrogen-bond donors (Lipinski definition) is 0. The van der Waals surface area contributed by atoms with Gasteiger partial charge in [0.2, 0.25) is 0 Å². The third kappa shape index (κ3) is 5.46. The predicted octanol–water partition coefficient (Wildman–Crippen LogP) is 3.75. The molecule has 16 heavy (non-hydrogen) atoms. The molecule has 0 spiro atoms. The fraction of sp³-hybridized carbons (Fsp3) is 0.429. The first-order chi connectivity index (χ1) is 7.09. The van der Waals surface area contributed by atoms with Crippen LogP contribution in [0.1, 0.15) is 31.7 Å². The number of aryl methyl sites for hydroxylation is 2. The topological polar surface area (TPSA) is 12.9 Å². The molecule has 1 nitrogen and oxygen atoms in total. The number of hydrogen-bond acceptors (Lipinski definition) is 1. The van der Waals surface area contributed by atoms with Gasteiger partial charge in [0.25, 0.3) is 0 Å². The van der Waals surface area contributed by atoms with Crippen LogP contribution >= 0.6 is 0 Å². The summed E-state index contributed by atoms with van der Waals surface area (Å²) in [5.41, 5.74) is 3.58. The summed E-state index contributed by atoms with van der Waals surface area (Å²) < 4.78 is 0. The molecular formula is C14H19NRu. The van der Waals surface area contributed by atoms with Gasteiger partial charge >= 0.3 is 19.5 Å². The van der Waals surface area contributed by atoms with Crippen molar-refractivity contribution in [2.24, 2.45) is 5.92 Å². The van der Waals surface area contributed by atoms with E-state index in [9.17, 15) is 0 Å². The summed E-state index contributed by atoms with van der Waals surface area (Å²) in [4.78, 5) is 4.11. The van der Waals surface area contributed by atoms with Crippen LogP contribution in [0.4, 0.5) is 0 Å². The molecule has 88 valence electrons. The second-order valence-electron chi connectivity index (χ2n) is 4.12. The SMILES string of the molecule is CC(C)C1=[C-]CC=C1.Cc1cc[c-](C)n1.[Ru+2]. The Morgan fingerprint density at radius 3 is 2.31 bits per heavy atom. The van der Waals surface area contributed by atoms with E-state index >= 15 is 0 Å². The fourth-order valence-electron chi connectivity index (χ4n) is 1.41. The van der Waals surface area contributed by atoms with E-state index in [1.54, 1.807) is 0 Å². The maximum absolute atomic E-state index is 4.11. The van der Waals surface area contributed by atoms with Crippen LogP contribution in [0.2, 0.25) is 0 Å². The van der Waals surface area contributed by atoms with Crippen LogP contribution in [-0.2, 0) is 19.5 Å². The number of allylic oxidation sites excluding steroid dienone is 4. The Morgan fingerprint density at radius 2 is 2.12 bits per heavy atom. The smallest absolute Gasteiger partial charge is 0.397 e. The first-order valence-electron chi connectivity index (χ1n) is 5.44. The zero-order valence-corrected chi connectivity index (χ0v) is 12.1. The number of nitrogens with zero attached hydrogens (tertiary/aromatic N) is 1. The van der Waals surface area contributed by atoms with Crippen molar-refractivity contribution in [3.8, 4) is 0 Å². The van der Waals surface area contributed by atoms with E-state index in [1.807, 2.05) is 26.0 Å². The van der Waals surface area contributed by atoms with Crippen molar-refractivity contribution >= 4 is 0 Å². The summed E-state index contributed by atoms with van der Waals surface area (Å²) in [6, 6.07) is 4.02. The van der Waals surface area contributed by atoms with E-state index in [0.717, 1.165) is 17.8 Å². The molecule has 0 saturated carbocycles. The first-order valence-corrected chi connectivity index (χ1v) is 5.44. The Labute approximate surface area is 112 Å². The first kappa shape index (κ1) is 15.4. The maximum Gasteiger partial charge on any atom is 2.00 e. The number of rotatable bonds is 1. The predicted molar refractivity (Wildman–Crippen MR) is 64.7 cm³/mol. The molecule has 0 radical (unpaired) electrons. The molecule has 0 atom stereocenters. The molecule has 2 heteroatoms. The van der Waals surface area contributed by atoms with Gasteiger partial charge in [-0.1, -0.05) is 39.3 Å². The van der Waals surface area contributed by atoms with Crippen molar-refractivity contribution in [3.63, 3.8) is 0 Å². The van der Waals surface area contributed by atoms with Gasteiger partial charge in [0.1, 0.15) is 0 Å². The third-order valence-electron chi connectivity index (χ3n) is 2.26. The molecule has 1 aromatic heterocycles. The average molecular weight is 302 g/mol. The molecule has 0 aromatic carbocycles. The van der Waals surface area contributed by atoms with Gasteiger partial charge in [0.05, 0.1) is 0 Å². The summed E-state index contributed by atoms with van der Waals surface area (Å²) in [6.07, 6.45) is 8.59. The van der Waals surface area contributed by atoms with Gasteiger partial charge in [-0.15, -0.1) is 12.1 Å². The molecule has 0 bridgehead atoms. The largest absolute Gasteiger partial charge is 2.00 e. The van der Waals surface area contributed by atoms with Crippen LogP contribution in [0.25, 0.3) is 0 Å². The molecule has 0 aliphatic heterocycles. The zero-order valence-electron chi connectivity index (χ0n) is 10.4. The molecule has 1 aliphatic carbocycles. The van der Waals surface area contributed by atoms with E-state index in [1.165, 1.54) is 5.57 Å². The van der Waals surface area contributed by atoms with E-state index < -0.39 is 0 Å². The summed E-state index contributed by atoms with van der Waals surface area (Å²) in [5.74, 6) is 0.661. The van der Waals surface area contributed by atoms with E-state index in [0.29, 0.717) is 5.92 Å². The van der Waals surface area contributed by atoms with Crippen molar-refractivity contribution in [2.75, 3.05) is 0 Å². The van der Waals surface area contributed by atoms with Crippen LogP contribution < -0.4 is 0 Å². The molecular weight excluding hydrogens is 283 g/mol. The Morgan fingerprint density at radius 1 is 1.44 bits per heavy atom. The molecule has 1 aliphatic rings. The minimum absolute atomic E-state index is 0. The van der Waals surface area contributed by atoms with Gasteiger partial charge < -0.3 is 4.98 Å². The van der Waals surface area contributed by atoms with Crippen LogP contribution in [-0.4, -0.2) is 4.98 Å². The maximum atomic E-state index is 4.11. The molecule has 1 aromatic rings. The Bertz CT molecular complexity index is 342. The van der Waals surface area contributed by atoms with Crippen LogP contribution in [0.5, 0.6) is 0 Å². The monoisotopic (exact) mass is 303 g/mol. The molecule has 2 rings (SSSR count). The van der Waals surface area contributed by atoms with Crippen LogP contribution in [0.15, 0.2) is 29.9 Å². The van der Waals surface area contributed by atoms with Crippen LogP contribution in [0, 0.1) is 25.8 Å². The quantitative estimate of drug-likeness (QED) is 0.569. The minimum atomic E-state index is 0. The molecule has 1 heterocycles. The average Bonchev–Trinajstić information content (AvgIpc) is 2.77. The summed E-state index contributed by atoms with van der Waals surface area (Å²) in [6.45, 7) is 8.37. The molecule has 0 unspecified atom stereocenters. The van der Waals surface area contributed by atoms with Gasteiger partial charge in [-0.25, -0.2) is 11.6 Å². The zero-order chi connectivity index (χ0) is 11.3. The molecule has 0 N–H and O–H groups in total. The standard InChI is InChI=1S/C8H11.C6H8N.Ru/c1-7(2)8-5-3-4-6-8;1-5-3-4-6(2)7-5;/h3,5,7H,4H2,1-2H3;3-4H,1-2H3;/q2*-1;+2.